The van der Waals surface area contributed by atoms with E-state index >= 15 is 0 Å². The molecule has 4 N–H and O–H groups in total. The number of alkyl halides is 1. The van der Waals surface area contributed by atoms with Crippen molar-refractivity contribution in [3.05, 3.63) is 0 Å². The van der Waals surface area contributed by atoms with Gasteiger partial charge in [-0.05, 0) is 25.9 Å². The standard InChI is InChI=1S/C3H7Cl.C3H10N2.Na.H/c1-2-3-4;4-2-1-3-5;;/h2-3H2,1H3;1-5H2;;/q;;+1;-1. The van der Waals surface area contributed by atoms with Gasteiger partial charge in [-0.15, -0.1) is 11.6 Å². The summed E-state index contributed by atoms with van der Waals surface area (Å²) in [5.74, 6) is 0.792. The SMILES string of the molecule is CCCCl.NCCCN.[H-].[Na+]. The maximum atomic E-state index is 5.19. The molecule has 0 aromatic rings. The summed E-state index contributed by atoms with van der Waals surface area (Å²) in [5, 5.41) is 0. The van der Waals surface area contributed by atoms with Crippen molar-refractivity contribution in [2.45, 2.75) is 19.8 Å². The molecule has 0 saturated heterocycles. The molecular weight excluding hydrogens is 159 g/mol. The van der Waals surface area contributed by atoms with E-state index in [1.807, 2.05) is 6.92 Å². The average molecular weight is 177 g/mol. The van der Waals surface area contributed by atoms with E-state index in [4.69, 9.17) is 23.1 Å². The van der Waals surface area contributed by atoms with Gasteiger partial charge in [0.05, 0.1) is 0 Å². The molecule has 10 heavy (non-hydrogen) atoms. The molecule has 0 spiro atoms. The molecular formula is C6H18ClN2Na. The fourth-order valence-corrected chi connectivity index (χ4v) is 0.118. The second-order valence-corrected chi connectivity index (χ2v) is 2.00. The molecule has 0 aromatic heterocycles. The first kappa shape index (κ1) is 17.3. The smallest absolute Gasteiger partial charge is 1.00 e. The van der Waals surface area contributed by atoms with Gasteiger partial charge in [-0.2, -0.15) is 0 Å². The van der Waals surface area contributed by atoms with Gasteiger partial charge in [-0.1, -0.05) is 6.92 Å². The third-order valence-electron chi connectivity index (χ3n) is 0.597. The zero-order valence-electron chi connectivity index (χ0n) is 8.07. The summed E-state index contributed by atoms with van der Waals surface area (Å²) in [4.78, 5) is 0. The van der Waals surface area contributed by atoms with Crippen LogP contribution in [0.4, 0.5) is 0 Å². The van der Waals surface area contributed by atoms with E-state index in [1.165, 1.54) is 0 Å². The molecule has 0 aromatic carbocycles. The zero-order valence-corrected chi connectivity index (χ0v) is 9.82. The van der Waals surface area contributed by atoms with Gasteiger partial charge in [0.1, 0.15) is 0 Å². The molecule has 0 aliphatic heterocycles. The summed E-state index contributed by atoms with van der Waals surface area (Å²) >= 11 is 5.19. The summed E-state index contributed by atoms with van der Waals surface area (Å²) in [6, 6.07) is 0. The fraction of sp³-hybridized carbons (Fsp3) is 1.00. The first-order valence-electron chi connectivity index (χ1n) is 3.29. The zero-order chi connectivity index (χ0) is 7.54. The van der Waals surface area contributed by atoms with Crippen LogP contribution in [0.1, 0.15) is 21.2 Å². The van der Waals surface area contributed by atoms with E-state index < -0.39 is 0 Å². The molecule has 0 radical (unpaired) electrons. The Labute approximate surface area is 92.5 Å². The van der Waals surface area contributed by atoms with E-state index in [-0.39, 0.29) is 31.0 Å². The Morgan fingerprint density at radius 2 is 1.60 bits per heavy atom. The van der Waals surface area contributed by atoms with Gasteiger partial charge in [0, 0.05) is 5.88 Å². The second-order valence-electron chi connectivity index (χ2n) is 1.62. The number of hydrogen-bond acceptors (Lipinski definition) is 2. The summed E-state index contributed by atoms with van der Waals surface area (Å²) in [6.07, 6.45) is 2.03. The summed E-state index contributed by atoms with van der Waals surface area (Å²) in [7, 11) is 0. The second kappa shape index (κ2) is 22.5. The Bertz CT molecular complexity index is 39.8. The van der Waals surface area contributed by atoms with Crippen LogP contribution in [0.25, 0.3) is 0 Å². The van der Waals surface area contributed by atoms with Crippen LogP contribution in [0, 0.1) is 0 Å². The Morgan fingerprint density at radius 1 is 1.30 bits per heavy atom. The first-order valence-corrected chi connectivity index (χ1v) is 3.83. The van der Waals surface area contributed by atoms with Crippen LogP contribution in [0.5, 0.6) is 0 Å². The third kappa shape index (κ3) is 35.0. The van der Waals surface area contributed by atoms with Crippen LogP contribution in [-0.2, 0) is 0 Å². The van der Waals surface area contributed by atoms with Gasteiger partial charge >= 0.3 is 29.6 Å². The molecule has 4 heteroatoms. The summed E-state index contributed by atoms with van der Waals surface area (Å²) in [6.45, 7) is 3.49. The number of halogens is 1. The van der Waals surface area contributed by atoms with Gasteiger partial charge in [-0.25, -0.2) is 0 Å². The fourth-order valence-electron chi connectivity index (χ4n) is 0.118. The Balaban J connectivity index is -0.0000000383. The van der Waals surface area contributed by atoms with Gasteiger partial charge in [0.15, 0.2) is 0 Å². The molecule has 0 rings (SSSR count). The van der Waals surface area contributed by atoms with Crippen LogP contribution < -0.4 is 41.0 Å². The van der Waals surface area contributed by atoms with Crippen molar-refractivity contribution < 1.29 is 31.0 Å². The van der Waals surface area contributed by atoms with E-state index in [9.17, 15) is 0 Å². The molecule has 0 heterocycles. The number of rotatable bonds is 3. The molecule has 0 atom stereocenters. The van der Waals surface area contributed by atoms with Crippen molar-refractivity contribution in [2.24, 2.45) is 11.5 Å². The maximum Gasteiger partial charge on any atom is 1.00 e. The minimum Gasteiger partial charge on any atom is -1.00 e. The Kier molecular flexibility index (Phi) is 38.9. The minimum atomic E-state index is 0. The average Bonchev–Trinajstić information content (AvgIpc) is 1.91. The topological polar surface area (TPSA) is 52.0 Å². The molecule has 0 unspecified atom stereocenters. The number of hydrogen-bond donors (Lipinski definition) is 2. The quantitative estimate of drug-likeness (QED) is 0.388. The van der Waals surface area contributed by atoms with Crippen LogP contribution in [0.15, 0.2) is 0 Å². The molecule has 0 amide bonds. The van der Waals surface area contributed by atoms with Crippen molar-refractivity contribution in [3.63, 3.8) is 0 Å². The van der Waals surface area contributed by atoms with Crippen LogP contribution in [-0.4, -0.2) is 19.0 Å². The summed E-state index contributed by atoms with van der Waals surface area (Å²) in [5.41, 5.74) is 10.1. The van der Waals surface area contributed by atoms with E-state index in [1.54, 1.807) is 0 Å². The van der Waals surface area contributed by atoms with Crippen molar-refractivity contribution in [3.8, 4) is 0 Å². The Morgan fingerprint density at radius 3 is 1.60 bits per heavy atom. The molecule has 60 valence electrons. The molecule has 2 nitrogen and oxygen atoms in total. The van der Waals surface area contributed by atoms with Gasteiger partial charge in [-0.3, -0.25) is 0 Å². The molecule has 0 aliphatic carbocycles. The molecule has 0 aliphatic rings. The van der Waals surface area contributed by atoms with E-state index in [0.717, 1.165) is 31.8 Å². The minimum absolute atomic E-state index is 0. The molecule has 0 fully saturated rings. The van der Waals surface area contributed by atoms with Crippen molar-refractivity contribution in [1.29, 1.82) is 0 Å². The maximum absolute atomic E-state index is 5.19. The predicted octanol–water partition coefficient (Wildman–Crippen LogP) is -1.95. The van der Waals surface area contributed by atoms with Gasteiger partial charge in [0.2, 0.25) is 0 Å². The Hall–Kier alpha value is 1.21. The van der Waals surface area contributed by atoms with Crippen molar-refractivity contribution >= 4 is 11.6 Å². The van der Waals surface area contributed by atoms with Crippen LogP contribution >= 0.6 is 11.6 Å². The van der Waals surface area contributed by atoms with E-state index in [0.29, 0.717) is 0 Å². The van der Waals surface area contributed by atoms with Gasteiger partial charge in [0.25, 0.3) is 0 Å². The van der Waals surface area contributed by atoms with Crippen molar-refractivity contribution in [1.82, 2.24) is 0 Å². The van der Waals surface area contributed by atoms with E-state index in [2.05, 4.69) is 0 Å². The third-order valence-corrected chi connectivity index (χ3v) is 0.975. The molecule has 0 saturated carbocycles. The number of nitrogens with two attached hydrogens (primary N) is 2. The summed E-state index contributed by atoms with van der Waals surface area (Å²) < 4.78 is 0. The van der Waals surface area contributed by atoms with Crippen LogP contribution in [0.2, 0.25) is 0 Å². The molecule has 0 bridgehead atoms. The van der Waals surface area contributed by atoms with Crippen LogP contribution in [0.3, 0.4) is 0 Å². The normalized spacial score (nSPS) is 7.20. The predicted molar refractivity (Wildman–Crippen MR) is 44.8 cm³/mol. The van der Waals surface area contributed by atoms with Gasteiger partial charge < -0.3 is 12.9 Å². The first-order chi connectivity index (χ1) is 4.33. The van der Waals surface area contributed by atoms with Crippen molar-refractivity contribution in [2.75, 3.05) is 19.0 Å². The monoisotopic (exact) mass is 176 g/mol. The largest absolute Gasteiger partial charge is 1.00 e.